The highest BCUT2D eigenvalue weighted by molar-refractivity contribution is 5.69. The van der Waals surface area contributed by atoms with Gasteiger partial charge < -0.3 is 9.84 Å². The van der Waals surface area contributed by atoms with Crippen LogP contribution in [0.2, 0.25) is 0 Å². The minimum atomic E-state index is -0.700. The van der Waals surface area contributed by atoms with Gasteiger partial charge in [-0.25, -0.2) is 0 Å². The van der Waals surface area contributed by atoms with Crippen molar-refractivity contribution in [3.05, 3.63) is 0 Å². The Kier molecular flexibility index (Phi) is 25.7. The molecule has 0 aliphatic carbocycles. The fraction of sp³-hybridized carbons (Fsp3) is 0.933. The van der Waals surface area contributed by atoms with Crippen molar-refractivity contribution < 1.29 is 19.4 Å². The number of aliphatic carboxylic acids is 1. The Morgan fingerprint density at radius 3 is 1.29 bits per heavy atom. The van der Waals surface area contributed by atoms with Crippen LogP contribution in [0.1, 0.15) is 174 Å². The first-order chi connectivity index (χ1) is 16.6. The van der Waals surface area contributed by atoms with Crippen LogP contribution < -0.4 is 0 Å². The number of unbranched alkanes of at least 4 members (excludes halogenated alkanes) is 18. The van der Waals surface area contributed by atoms with Crippen molar-refractivity contribution in [2.75, 3.05) is 0 Å². The van der Waals surface area contributed by atoms with Crippen LogP contribution >= 0.6 is 0 Å². The molecule has 0 spiro atoms. The number of hydrogen-bond donors (Lipinski definition) is 1. The summed E-state index contributed by atoms with van der Waals surface area (Å²) in [5.41, 5.74) is 0. The van der Waals surface area contributed by atoms with Gasteiger partial charge in [0.15, 0.2) is 0 Å². The second-order valence-electron chi connectivity index (χ2n) is 10.3. The monoisotopic (exact) mass is 482 g/mol. The number of carbonyl (C=O) groups excluding carboxylic acids is 1. The average Bonchev–Trinajstić information content (AvgIpc) is 2.81. The summed E-state index contributed by atoms with van der Waals surface area (Å²) in [5.74, 6) is -0.706. The molecule has 0 aromatic carbocycles. The van der Waals surface area contributed by atoms with Crippen molar-refractivity contribution in [1.82, 2.24) is 0 Å². The lowest BCUT2D eigenvalue weighted by atomic mass is 10.0. The van der Waals surface area contributed by atoms with Crippen LogP contribution in [0.15, 0.2) is 0 Å². The summed E-state index contributed by atoms with van der Waals surface area (Å²) >= 11 is 0. The Morgan fingerprint density at radius 1 is 0.529 bits per heavy atom. The van der Waals surface area contributed by atoms with E-state index in [1.165, 1.54) is 83.5 Å². The maximum absolute atomic E-state index is 12.4. The second kappa shape index (κ2) is 26.5. The first-order valence-electron chi connectivity index (χ1n) is 15.0. The number of carboxylic acid groups (broad SMARTS) is 1. The van der Waals surface area contributed by atoms with Gasteiger partial charge in [0.05, 0.1) is 0 Å². The molecule has 4 heteroatoms. The standard InChI is InChI=1S/C30H58O4/c1-3-5-7-9-11-12-13-14-16-20-24-28(25-21-17-15-18-22-26-29(31)32)34-30(33)27-23-19-10-8-6-4-2/h28H,3-27H2,1-2H3,(H,31,32). The molecule has 34 heavy (non-hydrogen) atoms. The van der Waals surface area contributed by atoms with E-state index in [9.17, 15) is 9.59 Å². The third-order valence-electron chi connectivity index (χ3n) is 6.83. The number of esters is 1. The van der Waals surface area contributed by atoms with Gasteiger partial charge in [-0.15, -0.1) is 0 Å². The summed E-state index contributed by atoms with van der Waals surface area (Å²) in [5, 5.41) is 8.73. The van der Waals surface area contributed by atoms with Gasteiger partial charge in [0.25, 0.3) is 0 Å². The van der Waals surface area contributed by atoms with Crippen LogP contribution in [0.25, 0.3) is 0 Å². The molecule has 0 aromatic heterocycles. The molecule has 1 atom stereocenters. The molecule has 0 fully saturated rings. The normalized spacial score (nSPS) is 12.1. The van der Waals surface area contributed by atoms with E-state index in [1.54, 1.807) is 0 Å². The maximum Gasteiger partial charge on any atom is 0.306 e. The Bertz CT molecular complexity index is 449. The third kappa shape index (κ3) is 25.6. The van der Waals surface area contributed by atoms with Gasteiger partial charge in [-0.05, 0) is 38.5 Å². The lowest BCUT2D eigenvalue weighted by Gasteiger charge is -2.18. The molecule has 1 unspecified atom stereocenters. The van der Waals surface area contributed by atoms with Gasteiger partial charge in [-0.3, -0.25) is 9.59 Å². The predicted octanol–water partition coefficient (Wildman–Crippen LogP) is 9.78. The fourth-order valence-electron chi connectivity index (χ4n) is 4.59. The predicted molar refractivity (Wildman–Crippen MR) is 144 cm³/mol. The molecular formula is C30H58O4. The number of carbonyl (C=O) groups is 2. The smallest absolute Gasteiger partial charge is 0.306 e. The van der Waals surface area contributed by atoms with E-state index in [0.29, 0.717) is 6.42 Å². The summed E-state index contributed by atoms with van der Waals surface area (Å²) < 4.78 is 5.90. The van der Waals surface area contributed by atoms with E-state index >= 15 is 0 Å². The quantitative estimate of drug-likeness (QED) is 0.0934. The third-order valence-corrected chi connectivity index (χ3v) is 6.83. The number of carboxylic acids is 1. The Morgan fingerprint density at radius 2 is 0.882 bits per heavy atom. The van der Waals surface area contributed by atoms with Crippen LogP contribution in [-0.4, -0.2) is 23.1 Å². The summed E-state index contributed by atoms with van der Waals surface area (Å²) in [6, 6.07) is 0. The lowest BCUT2D eigenvalue weighted by Crippen LogP contribution is -2.18. The van der Waals surface area contributed by atoms with Gasteiger partial charge in [0.2, 0.25) is 0 Å². The summed E-state index contributed by atoms with van der Waals surface area (Å²) in [7, 11) is 0. The van der Waals surface area contributed by atoms with Crippen molar-refractivity contribution >= 4 is 11.9 Å². The molecule has 0 saturated carbocycles. The molecule has 0 aliphatic rings. The summed E-state index contributed by atoms with van der Waals surface area (Å²) in [4.78, 5) is 23.0. The van der Waals surface area contributed by atoms with Crippen LogP contribution in [-0.2, 0) is 14.3 Å². The summed E-state index contributed by atoms with van der Waals surface area (Å²) in [6.07, 6.45) is 28.3. The van der Waals surface area contributed by atoms with Crippen molar-refractivity contribution in [3.8, 4) is 0 Å². The molecule has 1 N–H and O–H groups in total. The Labute approximate surface area is 212 Å². The van der Waals surface area contributed by atoms with Gasteiger partial charge in [-0.2, -0.15) is 0 Å². The molecule has 0 bridgehead atoms. The average molecular weight is 483 g/mol. The van der Waals surface area contributed by atoms with Gasteiger partial charge in [0, 0.05) is 12.8 Å². The Balaban J connectivity index is 4.04. The van der Waals surface area contributed by atoms with E-state index in [1.807, 2.05) is 0 Å². The lowest BCUT2D eigenvalue weighted by molar-refractivity contribution is -0.150. The second-order valence-corrected chi connectivity index (χ2v) is 10.3. The first-order valence-corrected chi connectivity index (χ1v) is 15.0. The highest BCUT2D eigenvalue weighted by atomic mass is 16.5. The molecule has 0 aromatic rings. The van der Waals surface area contributed by atoms with Gasteiger partial charge >= 0.3 is 11.9 Å². The molecule has 0 amide bonds. The molecule has 0 heterocycles. The van der Waals surface area contributed by atoms with E-state index < -0.39 is 5.97 Å². The maximum atomic E-state index is 12.4. The van der Waals surface area contributed by atoms with Crippen LogP contribution in [0.4, 0.5) is 0 Å². The number of ether oxygens (including phenoxy) is 1. The molecule has 0 radical (unpaired) electrons. The fourth-order valence-corrected chi connectivity index (χ4v) is 4.59. The van der Waals surface area contributed by atoms with Crippen molar-refractivity contribution in [1.29, 1.82) is 0 Å². The van der Waals surface area contributed by atoms with Crippen molar-refractivity contribution in [2.45, 2.75) is 180 Å². The van der Waals surface area contributed by atoms with E-state index in [2.05, 4.69) is 13.8 Å². The molecule has 202 valence electrons. The largest absolute Gasteiger partial charge is 0.481 e. The zero-order chi connectivity index (χ0) is 25.1. The minimum absolute atomic E-state index is 0.00553. The SMILES string of the molecule is CCCCCCCCCCCCC(CCCCCCCC(=O)O)OC(=O)CCCCCCCC. The zero-order valence-electron chi connectivity index (χ0n) is 22.9. The number of rotatable bonds is 27. The molecule has 0 rings (SSSR count). The molecule has 0 aliphatic heterocycles. The molecule has 0 saturated heterocycles. The van der Waals surface area contributed by atoms with Gasteiger partial charge in [-0.1, -0.05) is 123 Å². The highest BCUT2D eigenvalue weighted by Crippen LogP contribution is 2.18. The zero-order valence-corrected chi connectivity index (χ0v) is 22.9. The minimum Gasteiger partial charge on any atom is -0.481 e. The first kappa shape index (κ1) is 32.9. The van der Waals surface area contributed by atoms with E-state index in [4.69, 9.17) is 9.84 Å². The van der Waals surface area contributed by atoms with E-state index in [0.717, 1.165) is 64.2 Å². The molecular weight excluding hydrogens is 424 g/mol. The Hall–Kier alpha value is -1.06. The topological polar surface area (TPSA) is 63.6 Å². The van der Waals surface area contributed by atoms with Crippen LogP contribution in [0.5, 0.6) is 0 Å². The summed E-state index contributed by atoms with van der Waals surface area (Å²) in [6.45, 7) is 4.49. The highest BCUT2D eigenvalue weighted by Gasteiger charge is 2.14. The van der Waals surface area contributed by atoms with Crippen molar-refractivity contribution in [3.63, 3.8) is 0 Å². The molecule has 4 nitrogen and oxygen atoms in total. The van der Waals surface area contributed by atoms with E-state index in [-0.39, 0.29) is 18.5 Å². The number of hydrogen-bond acceptors (Lipinski definition) is 3. The van der Waals surface area contributed by atoms with Crippen LogP contribution in [0.3, 0.4) is 0 Å². The van der Waals surface area contributed by atoms with Crippen molar-refractivity contribution in [2.24, 2.45) is 0 Å². The van der Waals surface area contributed by atoms with Gasteiger partial charge in [0.1, 0.15) is 6.10 Å². The van der Waals surface area contributed by atoms with Crippen LogP contribution in [0, 0.1) is 0 Å².